The summed E-state index contributed by atoms with van der Waals surface area (Å²) >= 11 is 0. The normalized spacial score (nSPS) is 11.9. The van der Waals surface area contributed by atoms with E-state index >= 15 is 0 Å². The molecule has 0 saturated heterocycles. The third kappa shape index (κ3) is 16.5. The Balaban J connectivity index is 3.83. The number of carbonyl (C=O) groups is 3. The Bertz CT molecular complexity index is 441. The molecule has 0 saturated carbocycles. The molecule has 7 nitrogen and oxygen atoms in total. The van der Waals surface area contributed by atoms with E-state index in [0.717, 1.165) is 32.1 Å². The molecule has 1 unspecified atom stereocenters. The minimum absolute atomic E-state index is 0.00699. The van der Waals surface area contributed by atoms with Crippen LogP contribution in [0.5, 0.6) is 0 Å². The average Bonchev–Trinajstić information content (AvgIpc) is 2.64. The number of nitrogens with one attached hydrogen (secondary N) is 2. The van der Waals surface area contributed by atoms with E-state index in [4.69, 9.17) is 9.47 Å². The third-order valence-corrected chi connectivity index (χ3v) is 4.29. The summed E-state index contributed by atoms with van der Waals surface area (Å²) in [5.41, 5.74) is 0. The Kier molecular flexibility index (Phi) is 16.5. The van der Waals surface area contributed by atoms with E-state index in [-0.39, 0.29) is 37.7 Å². The predicted molar refractivity (Wildman–Crippen MR) is 110 cm³/mol. The average molecular weight is 401 g/mol. The smallest absolute Gasteiger partial charge is 0.332 e. The second-order valence-corrected chi connectivity index (χ2v) is 7.55. The van der Waals surface area contributed by atoms with Crippen LogP contribution in [0.1, 0.15) is 79.1 Å². The zero-order chi connectivity index (χ0) is 21.2. The van der Waals surface area contributed by atoms with Crippen molar-refractivity contribution in [3.8, 4) is 0 Å². The van der Waals surface area contributed by atoms with Crippen LogP contribution >= 0.6 is 0 Å². The molecule has 2 amide bonds. The molecule has 7 heteroatoms. The highest BCUT2D eigenvalue weighted by molar-refractivity contribution is 5.78. The maximum Gasteiger partial charge on any atom is 0.332 e. The lowest BCUT2D eigenvalue weighted by Gasteiger charge is -2.17. The van der Waals surface area contributed by atoms with Gasteiger partial charge in [0.2, 0.25) is 11.8 Å². The van der Waals surface area contributed by atoms with Crippen LogP contribution in [0, 0.1) is 5.92 Å². The Morgan fingerprint density at radius 2 is 1.68 bits per heavy atom. The second kappa shape index (κ2) is 17.5. The SMILES string of the molecule is CCCCNC(=O)COCC(=O)OCC(CC)NC(=O)CCCCCC(C)C. The molecule has 0 spiro atoms. The fourth-order valence-corrected chi connectivity index (χ4v) is 2.49. The molecule has 0 radical (unpaired) electrons. The lowest BCUT2D eigenvalue weighted by Crippen LogP contribution is -2.38. The molecule has 0 aromatic carbocycles. The van der Waals surface area contributed by atoms with E-state index < -0.39 is 5.97 Å². The Morgan fingerprint density at radius 3 is 2.32 bits per heavy atom. The van der Waals surface area contributed by atoms with Gasteiger partial charge in [-0.2, -0.15) is 0 Å². The fraction of sp³-hybridized carbons (Fsp3) is 0.857. The van der Waals surface area contributed by atoms with Crippen LogP contribution in [0.25, 0.3) is 0 Å². The monoisotopic (exact) mass is 400 g/mol. The van der Waals surface area contributed by atoms with Crippen LogP contribution in [0.2, 0.25) is 0 Å². The number of esters is 1. The summed E-state index contributed by atoms with van der Waals surface area (Å²) in [6, 6.07) is -0.204. The van der Waals surface area contributed by atoms with Crippen molar-refractivity contribution in [2.75, 3.05) is 26.4 Å². The summed E-state index contributed by atoms with van der Waals surface area (Å²) < 4.78 is 10.2. The van der Waals surface area contributed by atoms with Gasteiger partial charge in [0, 0.05) is 13.0 Å². The first-order valence-electron chi connectivity index (χ1n) is 10.7. The van der Waals surface area contributed by atoms with E-state index in [1.54, 1.807) is 0 Å². The molecule has 0 fully saturated rings. The van der Waals surface area contributed by atoms with Crippen molar-refractivity contribution in [1.29, 1.82) is 0 Å². The van der Waals surface area contributed by atoms with Gasteiger partial charge in [-0.05, 0) is 25.2 Å². The van der Waals surface area contributed by atoms with Crippen molar-refractivity contribution in [2.45, 2.75) is 85.1 Å². The van der Waals surface area contributed by atoms with Crippen molar-refractivity contribution in [1.82, 2.24) is 10.6 Å². The molecule has 0 heterocycles. The third-order valence-electron chi connectivity index (χ3n) is 4.29. The first-order valence-corrected chi connectivity index (χ1v) is 10.7. The topological polar surface area (TPSA) is 93.7 Å². The molecule has 0 aliphatic rings. The van der Waals surface area contributed by atoms with Crippen molar-refractivity contribution < 1.29 is 23.9 Å². The summed E-state index contributed by atoms with van der Waals surface area (Å²) in [5, 5.41) is 5.61. The van der Waals surface area contributed by atoms with Gasteiger partial charge in [0.05, 0.1) is 6.04 Å². The zero-order valence-electron chi connectivity index (χ0n) is 18.2. The highest BCUT2D eigenvalue weighted by atomic mass is 16.6. The number of unbranched alkanes of at least 4 members (excludes halogenated alkanes) is 3. The molecule has 2 N–H and O–H groups in total. The zero-order valence-corrected chi connectivity index (χ0v) is 18.2. The van der Waals surface area contributed by atoms with Crippen LogP contribution in [-0.4, -0.2) is 50.2 Å². The molecule has 0 bridgehead atoms. The highest BCUT2D eigenvalue weighted by Gasteiger charge is 2.13. The van der Waals surface area contributed by atoms with Crippen molar-refractivity contribution in [3.63, 3.8) is 0 Å². The van der Waals surface area contributed by atoms with E-state index in [1.165, 1.54) is 6.42 Å². The first kappa shape index (κ1) is 26.4. The van der Waals surface area contributed by atoms with Crippen LogP contribution < -0.4 is 10.6 Å². The van der Waals surface area contributed by atoms with E-state index in [0.29, 0.717) is 25.3 Å². The minimum Gasteiger partial charge on any atom is -0.462 e. The van der Waals surface area contributed by atoms with Gasteiger partial charge in [-0.3, -0.25) is 9.59 Å². The largest absolute Gasteiger partial charge is 0.462 e. The summed E-state index contributed by atoms with van der Waals surface area (Å²) in [6.45, 7) is 8.65. The molecular weight excluding hydrogens is 360 g/mol. The number of hydrogen-bond donors (Lipinski definition) is 2. The quantitative estimate of drug-likeness (QED) is 0.289. The van der Waals surface area contributed by atoms with Gasteiger partial charge in [0.1, 0.15) is 19.8 Å². The van der Waals surface area contributed by atoms with E-state index in [2.05, 4.69) is 24.5 Å². The van der Waals surface area contributed by atoms with E-state index in [9.17, 15) is 14.4 Å². The Labute approximate surface area is 170 Å². The van der Waals surface area contributed by atoms with Gasteiger partial charge in [0.15, 0.2) is 0 Å². The number of ether oxygens (including phenoxy) is 2. The van der Waals surface area contributed by atoms with Gasteiger partial charge < -0.3 is 20.1 Å². The molecule has 28 heavy (non-hydrogen) atoms. The molecule has 0 aliphatic carbocycles. The van der Waals surface area contributed by atoms with Crippen LogP contribution in [0.3, 0.4) is 0 Å². The van der Waals surface area contributed by atoms with Crippen LogP contribution in [-0.2, 0) is 23.9 Å². The Hall–Kier alpha value is -1.63. The number of hydrogen-bond acceptors (Lipinski definition) is 5. The first-order chi connectivity index (χ1) is 13.4. The summed E-state index contributed by atoms with van der Waals surface area (Å²) in [6.07, 6.45) is 7.36. The highest BCUT2D eigenvalue weighted by Crippen LogP contribution is 2.09. The number of amides is 2. The molecule has 0 aromatic heterocycles. The maximum absolute atomic E-state index is 12.0. The van der Waals surface area contributed by atoms with Gasteiger partial charge in [-0.1, -0.05) is 53.4 Å². The van der Waals surface area contributed by atoms with Gasteiger partial charge in [-0.25, -0.2) is 4.79 Å². The lowest BCUT2D eigenvalue weighted by atomic mass is 10.0. The molecule has 0 aliphatic heterocycles. The number of rotatable bonds is 17. The van der Waals surface area contributed by atoms with Crippen molar-refractivity contribution in [3.05, 3.63) is 0 Å². The summed E-state index contributed by atoms with van der Waals surface area (Å²) in [7, 11) is 0. The van der Waals surface area contributed by atoms with Crippen LogP contribution in [0.15, 0.2) is 0 Å². The lowest BCUT2D eigenvalue weighted by molar-refractivity contribution is -0.151. The van der Waals surface area contributed by atoms with Gasteiger partial charge >= 0.3 is 5.97 Å². The summed E-state index contributed by atoms with van der Waals surface area (Å²) in [5.74, 6) is -0.0871. The molecule has 0 aromatic rings. The van der Waals surface area contributed by atoms with Crippen molar-refractivity contribution >= 4 is 17.8 Å². The van der Waals surface area contributed by atoms with E-state index in [1.807, 2.05) is 13.8 Å². The van der Waals surface area contributed by atoms with Crippen LogP contribution in [0.4, 0.5) is 0 Å². The number of carbonyl (C=O) groups excluding carboxylic acids is 3. The predicted octanol–water partition coefficient (Wildman–Crippen LogP) is 2.96. The fourth-order valence-electron chi connectivity index (χ4n) is 2.49. The molecular formula is C21H40N2O5. The summed E-state index contributed by atoms with van der Waals surface area (Å²) in [4.78, 5) is 35.1. The molecule has 164 valence electrons. The standard InChI is InChI=1S/C21H40N2O5/c1-5-7-13-22-20(25)15-27-16-21(26)28-14-18(6-2)23-19(24)12-10-8-9-11-17(3)4/h17-18H,5-16H2,1-4H3,(H,22,25)(H,23,24). The maximum atomic E-state index is 12.0. The minimum atomic E-state index is -0.539. The Morgan fingerprint density at radius 1 is 0.929 bits per heavy atom. The van der Waals surface area contributed by atoms with Gasteiger partial charge in [-0.15, -0.1) is 0 Å². The molecule has 0 rings (SSSR count). The molecule has 1 atom stereocenters. The van der Waals surface area contributed by atoms with Crippen molar-refractivity contribution in [2.24, 2.45) is 5.92 Å². The van der Waals surface area contributed by atoms with Gasteiger partial charge in [0.25, 0.3) is 0 Å². The second-order valence-electron chi connectivity index (χ2n) is 7.55.